The van der Waals surface area contributed by atoms with Crippen molar-refractivity contribution in [1.29, 1.82) is 5.26 Å². The predicted molar refractivity (Wildman–Crippen MR) is 236 cm³/mol. The number of nitriles is 1. The standard InChI is InChI=1S/C47H65N2O12P/c1-8-24-52-26-27-53-28-29-54-30-31-55-32-33-56-36-58-44-34-57-45(46(44)61-62(60-25-12-23-48)49(37(2)3)38(4)5)35-59-47(39-13-10-9-11-14-39,40-15-19-42(50-6)20-16-40)41-17-21-43(51-7)22-18-41/h1,9-11,13-22,37-38,44-46H,12,24-36H2,2-7H3/t44-,45+,46-,62?/m0/s1. The molecule has 0 N–H and O–H groups in total. The summed E-state index contributed by atoms with van der Waals surface area (Å²) in [5.41, 5.74) is 1.62. The minimum absolute atomic E-state index is 0.0132. The molecule has 62 heavy (non-hydrogen) atoms. The van der Waals surface area contributed by atoms with E-state index >= 15 is 0 Å². The maximum absolute atomic E-state index is 9.37. The molecule has 0 spiro atoms. The maximum atomic E-state index is 9.37. The zero-order valence-corrected chi connectivity index (χ0v) is 38.0. The van der Waals surface area contributed by atoms with E-state index in [1.54, 1.807) is 14.2 Å². The molecule has 0 bridgehead atoms. The van der Waals surface area contributed by atoms with Gasteiger partial charge in [-0.3, -0.25) is 0 Å². The Morgan fingerprint density at radius 2 is 1.24 bits per heavy atom. The molecule has 3 aromatic carbocycles. The Bertz CT molecular complexity index is 1670. The lowest BCUT2D eigenvalue weighted by Gasteiger charge is -2.39. The van der Waals surface area contributed by atoms with Crippen LogP contribution < -0.4 is 9.47 Å². The highest BCUT2D eigenvalue weighted by Gasteiger charge is 2.46. The van der Waals surface area contributed by atoms with Crippen molar-refractivity contribution in [3.63, 3.8) is 0 Å². The maximum Gasteiger partial charge on any atom is 0.259 e. The van der Waals surface area contributed by atoms with Gasteiger partial charge in [0.1, 0.15) is 48.8 Å². The molecule has 15 heteroatoms. The summed E-state index contributed by atoms with van der Waals surface area (Å²) in [4.78, 5) is 0. The van der Waals surface area contributed by atoms with Gasteiger partial charge in [0, 0.05) is 12.1 Å². The van der Waals surface area contributed by atoms with Crippen LogP contribution in [-0.4, -0.2) is 135 Å². The molecule has 1 aliphatic heterocycles. The summed E-state index contributed by atoms with van der Waals surface area (Å²) in [6.07, 6.45) is 3.65. The van der Waals surface area contributed by atoms with Crippen molar-refractivity contribution in [1.82, 2.24) is 4.67 Å². The highest BCUT2D eigenvalue weighted by Crippen LogP contribution is 2.49. The van der Waals surface area contributed by atoms with Gasteiger partial charge >= 0.3 is 0 Å². The van der Waals surface area contributed by atoms with E-state index in [2.05, 4.69) is 56.5 Å². The van der Waals surface area contributed by atoms with Crippen LogP contribution >= 0.6 is 8.53 Å². The lowest BCUT2D eigenvalue weighted by atomic mass is 9.80. The average Bonchev–Trinajstić information content (AvgIpc) is 3.67. The summed E-state index contributed by atoms with van der Waals surface area (Å²) < 4.78 is 74.4. The van der Waals surface area contributed by atoms with Crippen molar-refractivity contribution in [2.75, 3.05) is 100 Å². The quantitative estimate of drug-likeness (QED) is 0.0207. The zero-order valence-electron chi connectivity index (χ0n) is 37.1. The van der Waals surface area contributed by atoms with Gasteiger partial charge in [-0.2, -0.15) is 5.26 Å². The first-order chi connectivity index (χ1) is 30.3. The highest BCUT2D eigenvalue weighted by molar-refractivity contribution is 7.44. The number of hydrogen-bond acceptors (Lipinski definition) is 14. The third kappa shape index (κ3) is 15.8. The molecule has 1 fully saturated rings. The van der Waals surface area contributed by atoms with Crippen LogP contribution in [0.4, 0.5) is 0 Å². The second-order valence-corrected chi connectivity index (χ2v) is 16.0. The average molecular weight is 881 g/mol. The van der Waals surface area contributed by atoms with Crippen molar-refractivity contribution in [2.24, 2.45) is 0 Å². The number of rotatable bonds is 32. The van der Waals surface area contributed by atoms with Gasteiger partial charge in [0.2, 0.25) is 0 Å². The van der Waals surface area contributed by atoms with Gasteiger partial charge in [0.15, 0.2) is 0 Å². The first kappa shape index (κ1) is 50.9. The van der Waals surface area contributed by atoms with Crippen molar-refractivity contribution in [2.45, 2.75) is 70.1 Å². The number of hydrogen-bond donors (Lipinski definition) is 0. The summed E-state index contributed by atoms with van der Waals surface area (Å²) in [6.45, 7) is 12.6. The molecule has 0 amide bonds. The Hall–Kier alpha value is -3.70. The van der Waals surface area contributed by atoms with Gasteiger partial charge in [-0.25, -0.2) is 4.67 Å². The Kier molecular flexibility index (Phi) is 23.7. The van der Waals surface area contributed by atoms with Gasteiger partial charge in [0.05, 0.1) is 99.4 Å². The van der Waals surface area contributed by atoms with E-state index in [0.717, 1.165) is 28.2 Å². The fourth-order valence-corrected chi connectivity index (χ4v) is 8.64. The van der Waals surface area contributed by atoms with E-state index in [1.807, 2.05) is 66.7 Å². The molecule has 1 saturated heterocycles. The molecule has 3 aromatic rings. The van der Waals surface area contributed by atoms with Crippen molar-refractivity contribution >= 4 is 8.53 Å². The van der Waals surface area contributed by atoms with Crippen LogP contribution in [0.3, 0.4) is 0 Å². The van der Waals surface area contributed by atoms with Crippen LogP contribution in [0.25, 0.3) is 0 Å². The Morgan fingerprint density at radius 1 is 0.726 bits per heavy atom. The molecule has 1 heterocycles. The molecule has 4 atom stereocenters. The van der Waals surface area contributed by atoms with E-state index in [0.29, 0.717) is 52.9 Å². The number of terminal acetylenes is 1. The third-order valence-corrected chi connectivity index (χ3v) is 11.9. The van der Waals surface area contributed by atoms with Crippen LogP contribution in [0.1, 0.15) is 50.8 Å². The minimum atomic E-state index is -1.65. The van der Waals surface area contributed by atoms with E-state index in [-0.39, 0.29) is 51.7 Å². The Morgan fingerprint density at radius 3 is 1.74 bits per heavy atom. The van der Waals surface area contributed by atoms with Crippen LogP contribution in [-0.2, 0) is 52.5 Å². The van der Waals surface area contributed by atoms with Gasteiger partial charge < -0.3 is 56.4 Å². The Labute approximate surface area is 369 Å². The van der Waals surface area contributed by atoms with Crippen LogP contribution in [0.2, 0.25) is 0 Å². The molecule has 0 saturated carbocycles. The monoisotopic (exact) mass is 880 g/mol. The molecular weight excluding hydrogens is 815 g/mol. The van der Waals surface area contributed by atoms with Crippen molar-refractivity contribution < 1.29 is 56.4 Å². The number of benzene rings is 3. The smallest absolute Gasteiger partial charge is 0.259 e. The predicted octanol–water partition coefficient (Wildman–Crippen LogP) is 7.13. The Balaban J connectivity index is 1.49. The molecule has 1 aliphatic rings. The molecular formula is C47H65N2O12P. The van der Waals surface area contributed by atoms with Gasteiger partial charge in [-0.1, -0.05) is 60.5 Å². The third-order valence-electron chi connectivity index (χ3n) is 9.76. The van der Waals surface area contributed by atoms with Gasteiger partial charge in [-0.15, -0.1) is 6.42 Å². The first-order valence-corrected chi connectivity index (χ1v) is 22.2. The fourth-order valence-electron chi connectivity index (χ4n) is 6.85. The minimum Gasteiger partial charge on any atom is -0.497 e. The summed E-state index contributed by atoms with van der Waals surface area (Å²) >= 11 is 0. The molecule has 4 rings (SSSR count). The van der Waals surface area contributed by atoms with E-state index < -0.39 is 32.4 Å². The van der Waals surface area contributed by atoms with E-state index in [1.165, 1.54) is 0 Å². The summed E-state index contributed by atoms with van der Waals surface area (Å²) in [7, 11) is 1.64. The van der Waals surface area contributed by atoms with Gasteiger partial charge in [-0.05, 0) is 68.7 Å². The molecule has 340 valence electrons. The second kappa shape index (κ2) is 28.9. The highest BCUT2D eigenvalue weighted by atomic mass is 31.2. The lowest BCUT2D eigenvalue weighted by Crippen LogP contribution is -2.43. The van der Waals surface area contributed by atoms with Crippen molar-refractivity contribution in [3.05, 3.63) is 95.6 Å². The molecule has 14 nitrogen and oxygen atoms in total. The topological polar surface area (TPSA) is 138 Å². The van der Waals surface area contributed by atoms with E-state index in [9.17, 15) is 5.26 Å². The number of methoxy groups -OCH3 is 2. The summed E-state index contributed by atoms with van der Waals surface area (Å²) in [5.74, 6) is 3.86. The van der Waals surface area contributed by atoms with Crippen molar-refractivity contribution in [3.8, 4) is 29.9 Å². The molecule has 0 radical (unpaired) electrons. The van der Waals surface area contributed by atoms with E-state index in [4.69, 9.17) is 62.8 Å². The molecule has 0 aliphatic carbocycles. The number of ether oxygens (including phenoxy) is 10. The normalized spacial score (nSPS) is 17.0. The summed E-state index contributed by atoms with van der Waals surface area (Å²) in [6, 6.07) is 28.2. The number of nitrogens with zero attached hydrogens (tertiary/aromatic N) is 2. The zero-order chi connectivity index (χ0) is 44.4. The lowest BCUT2D eigenvalue weighted by molar-refractivity contribution is -0.120. The van der Waals surface area contributed by atoms with Crippen LogP contribution in [0.15, 0.2) is 78.9 Å². The second-order valence-electron chi connectivity index (χ2n) is 14.6. The fraction of sp³-hybridized carbons (Fsp3) is 0.553. The molecule has 0 aromatic heterocycles. The first-order valence-electron chi connectivity index (χ1n) is 21.1. The SMILES string of the molecule is C#CCOCCOCCOCCOCCOCO[C@H]1CO[C@H](COC(c2ccccc2)(c2ccc(OC)cc2)c2ccc(OC)cc2)[C@H]1OP(OCCC#N)N(C(C)C)C(C)C. The molecule has 1 unspecified atom stereocenters. The van der Waals surface area contributed by atoms with Crippen LogP contribution in [0.5, 0.6) is 11.5 Å². The van der Waals surface area contributed by atoms with Gasteiger partial charge in [0.25, 0.3) is 8.53 Å². The van der Waals surface area contributed by atoms with Crippen LogP contribution in [0, 0.1) is 23.7 Å². The summed E-state index contributed by atoms with van der Waals surface area (Å²) in [5, 5.41) is 9.37. The largest absolute Gasteiger partial charge is 0.497 e.